The van der Waals surface area contributed by atoms with E-state index in [1.54, 1.807) is 12.1 Å². The van der Waals surface area contributed by atoms with Crippen molar-refractivity contribution in [3.8, 4) is 5.75 Å². The Morgan fingerprint density at radius 2 is 2.39 bits per heavy atom. The zero-order chi connectivity index (χ0) is 16.7. The summed E-state index contributed by atoms with van der Waals surface area (Å²) in [5.74, 6) is 0.153. The van der Waals surface area contributed by atoms with E-state index < -0.39 is 0 Å². The summed E-state index contributed by atoms with van der Waals surface area (Å²) in [6.07, 6.45) is 2.21. The minimum Gasteiger partial charge on any atom is -0.492 e. The van der Waals surface area contributed by atoms with Crippen LogP contribution in [0.15, 0.2) is 24.3 Å². The van der Waals surface area contributed by atoms with E-state index >= 15 is 0 Å². The first-order chi connectivity index (χ1) is 11.1. The molecule has 128 valence electrons. The molecule has 0 saturated carbocycles. The van der Waals surface area contributed by atoms with E-state index in [0.717, 1.165) is 19.4 Å². The maximum Gasteiger partial charge on any atom is 0.237 e. The number of likely N-dealkylation sites (N-methyl/N-ethyl adjacent to an activating group) is 1. The van der Waals surface area contributed by atoms with Crippen LogP contribution < -0.4 is 10.1 Å². The Balaban J connectivity index is 1.67. The van der Waals surface area contributed by atoms with Crippen molar-refractivity contribution in [1.29, 1.82) is 0 Å². The van der Waals surface area contributed by atoms with Crippen molar-refractivity contribution in [2.45, 2.75) is 31.9 Å². The summed E-state index contributed by atoms with van der Waals surface area (Å²) in [5.41, 5.74) is 0. The van der Waals surface area contributed by atoms with E-state index in [4.69, 9.17) is 9.47 Å². The van der Waals surface area contributed by atoms with E-state index in [2.05, 4.69) is 5.32 Å². The number of benzene rings is 1. The normalized spacial score (nSPS) is 18.9. The van der Waals surface area contributed by atoms with E-state index in [9.17, 15) is 9.18 Å². The molecule has 1 aliphatic heterocycles. The summed E-state index contributed by atoms with van der Waals surface area (Å²) in [5, 5.41) is 2.92. The molecule has 1 amide bonds. The van der Waals surface area contributed by atoms with Crippen LogP contribution in [-0.2, 0) is 9.53 Å². The average Bonchev–Trinajstić information content (AvgIpc) is 3.05. The molecule has 2 atom stereocenters. The van der Waals surface area contributed by atoms with Crippen LogP contribution in [0, 0.1) is 5.82 Å². The minimum absolute atomic E-state index is 0.0197. The standard InChI is InChI=1S/C17H25FN2O3/c1-13(17(21)19-12-16-7-4-9-22-16)20(2)8-10-23-15-6-3-5-14(18)11-15/h3,5-6,11,13,16H,4,7-10,12H2,1-2H3,(H,19,21)/t13-,16+/m1/s1. The van der Waals surface area contributed by atoms with Gasteiger partial charge in [-0.05, 0) is 38.9 Å². The number of halogens is 1. The van der Waals surface area contributed by atoms with Gasteiger partial charge in [0.25, 0.3) is 0 Å². The molecule has 1 fully saturated rings. The van der Waals surface area contributed by atoms with Gasteiger partial charge >= 0.3 is 0 Å². The van der Waals surface area contributed by atoms with Gasteiger partial charge in [0.15, 0.2) is 0 Å². The first-order valence-corrected chi connectivity index (χ1v) is 8.04. The second-order valence-corrected chi connectivity index (χ2v) is 5.84. The molecule has 0 spiro atoms. The highest BCUT2D eigenvalue weighted by Gasteiger charge is 2.21. The molecule has 0 bridgehead atoms. The van der Waals surface area contributed by atoms with Crippen molar-refractivity contribution in [2.75, 3.05) is 33.4 Å². The fourth-order valence-electron chi connectivity index (χ4n) is 2.43. The second-order valence-electron chi connectivity index (χ2n) is 5.84. The summed E-state index contributed by atoms with van der Waals surface area (Å²) >= 11 is 0. The molecule has 0 unspecified atom stereocenters. The van der Waals surface area contributed by atoms with Crippen LogP contribution in [0.25, 0.3) is 0 Å². The molecule has 1 saturated heterocycles. The van der Waals surface area contributed by atoms with Crippen molar-refractivity contribution in [1.82, 2.24) is 10.2 Å². The molecule has 1 N–H and O–H groups in total. The molecule has 2 rings (SSSR count). The smallest absolute Gasteiger partial charge is 0.237 e. The lowest BCUT2D eigenvalue weighted by atomic mass is 10.2. The Morgan fingerprint density at radius 3 is 3.09 bits per heavy atom. The van der Waals surface area contributed by atoms with Crippen molar-refractivity contribution in [2.24, 2.45) is 0 Å². The van der Waals surface area contributed by atoms with Crippen LogP contribution >= 0.6 is 0 Å². The fraction of sp³-hybridized carbons (Fsp3) is 0.588. The molecule has 1 aliphatic rings. The number of carbonyl (C=O) groups is 1. The number of nitrogens with zero attached hydrogens (tertiary/aromatic N) is 1. The topological polar surface area (TPSA) is 50.8 Å². The van der Waals surface area contributed by atoms with Gasteiger partial charge in [-0.1, -0.05) is 6.07 Å². The van der Waals surface area contributed by atoms with Crippen LogP contribution in [0.5, 0.6) is 5.75 Å². The van der Waals surface area contributed by atoms with Crippen molar-refractivity contribution in [3.05, 3.63) is 30.1 Å². The number of carbonyl (C=O) groups excluding carboxylic acids is 1. The largest absolute Gasteiger partial charge is 0.492 e. The zero-order valence-corrected chi connectivity index (χ0v) is 13.8. The predicted molar refractivity (Wildman–Crippen MR) is 86.0 cm³/mol. The van der Waals surface area contributed by atoms with Crippen molar-refractivity contribution >= 4 is 5.91 Å². The van der Waals surface area contributed by atoms with Gasteiger partial charge in [-0.25, -0.2) is 4.39 Å². The van der Waals surface area contributed by atoms with E-state index in [-0.39, 0.29) is 23.9 Å². The van der Waals surface area contributed by atoms with Crippen molar-refractivity contribution in [3.63, 3.8) is 0 Å². The lowest BCUT2D eigenvalue weighted by Gasteiger charge is -2.24. The highest BCUT2D eigenvalue weighted by atomic mass is 19.1. The Bertz CT molecular complexity index is 506. The third-order valence-corrected chi connectivity index (χ3v) is 4.08. The third-order valence-electron chi connectivity index (χ3n) is 4.08. The zero-order valence-electron chi connectivity index (χ0n) is 13.8. The predicted octanol–water partition coefficient (Wildman–Crippen LogP) is 1.82. The van der Waals surface area contributed by atoms with Gasteiger partial charge in [0, 0.05) is 25.8 Å². The summed E-state index contributed by atoms with van der Waals surface area (Å²) in [7, 11) is 1.87. The van der Waals surface area contributed by atoms with Crippen molar-refractivity contribution < 1.29 is 18.7 Å². The maximum atomic E-state index is 13.0. The highest BCUT2D eigenvalue weighted by Crippen LogP contribution is 2.12. The van der Waals surface area contributed by atoms with Gasteiger partial charge in [-0.3, -0.25) is 9.69 Å². The monoisotopic (exact) mass is 324 g/mol. The van der Waals surface area contributed by atoms with Crippen LogP contribution in [-0.4, -0.2) is 56.3 Å². The molecule has 1 aromatic rings. The first-order valence-electron chi connectivity index (χ1n) is 8.04. The van der Waals surface area contributed by atoms with E-state index in [0.29, 0.717) is 25.4 Å². The first kappa shape index (κ1) is 17.7. The summed E-state index contributed by atoms with van der Waals surface area (Å²) in [6, 6.07) is 5.78. The third kappa shape index (κ3) is 5.80. The average molecular weight is 324 g/mol. The second kappa shape index (κ2) is 8.84. The SMILES string of the molecule is C[C@H](C(=O)NC[C@@H]1CCCO1)N(C)CCOc1cccc(F)c1. The maximum absolute atomic E-state index is 13.0. The molecule has 0 radical (unpaired) electrons. The lowest BCUT2D eigenvalue weighted by Crippen LogP contribution is -2.46. The Labute approximate surface area is 136 Å². The number of ether oxygens (including phenoxy) is 2. The molecule has 0 aromatic heterocycles. The molecular weight excluding hydrogens is 299 g/mol. The number of hydrogen-bond donors (Lipinski definition) is 1. The number of hydrogen-bond acceptors (Lipinski definition) is 4. The summed E-state index contributed by atoms with van der Waals surface area (Å²) in [6.45, 7) is 4.17. The van der Waals surface area contributed by atoms with Crippen LogP contribution in [0.4, 0.5) is 4.39 Å². The number of amides is 1. The van der Waals surface area contributed by atoms with Gasteiger partial charge in [0.05, 0.1) is 12.1 Å². The van der Waals surface area contributed by atoms with E-state index in [1.165, 1.54) is 12.1 Å². The van der Waals surface area contributed by atoms with Gasteiger partial charge in [-0.15, -0.1) is 0 Å². The Kier molecular flexibility index (Phi) is 6.80. The molecule has 1 heterocycles. The molecular formula is C17H25FN2O3. The number of nitrogens with one attached hydrogen (secondary N) is 1. The molecule has 5 nitrogen and oxygen atoms in total. The molecule has 23 heavy (non-hydrogen) atoms. The van der Waals surface area contributed by atoms with Crippen LogP contribution in [0.1, 0.15) is 19.8 Å². The van der Waals surface area contributed by atoms with Gasteiger partial charge in [0.1, 0.15) is 18.2 Å². The highest BCUT2D eigenvalue weighted by molar-refractivity contribution is 5.81. The van der Waals surface area contributed by atoms with Crippen LogP contribution in [0.2, 0.25) is 0 Å². The molecule has 0 aliphatic carbocycles. The van der Waals surface area contributed by atoms with Crippen LogP contribution in [0.3, 0.4) is 0 Å². The van der Waals surface area contributed by atoms with Gasteiger partial charge < -0.3 is 14.8 Å². The minimum atomic E-state index is -0.322. The Hall–Kier alpha value is -1.66. The van der Waals surface area contributed by atoms with Gasteiger partial charge in [0.2, 0.25) is 5.91 Å². The fourth-order valence-corrected chi connectivity index (χ4v) is 2.43. The van der Waals surface area contributed by atoms with Gasteiger partial charge in [-0.2, -0.15) is 0 Å². The molecule has 1 aromatic carbocycles. The summed E-state index contributed by atoms with van der Waals surface area (Å²) < 4.78 is 24.0. The van der Waals surface area contributed by atoms with E-state index in [1.807, 2.05) is 18.9 Å². The summed E-state index contributed by atoms with van der Waals surface area (Å²) in [4.78, 5) is 14.0. The Morgan fingerprint density at radius 1 is 1.57 bits per heavy atom. The number of rotatable bonds is 8. The molecule has 6 heteroatoms. The quantitative estimate of drug-likeness (QED) is 0.792. The lowest BCUT2D eigenvalue weighted by molar-refractivity contribution is -0.126.